The summed E-state index contributed by atoms with van der Waals surface area (Å²) in [5, 5.41) is 0.974. The number of rotatable bonds is 6. The maximum absolute atomic E-state index is 12.1. The SMILES string of the molecule is C=C(C)OC(=O)N1CCC(Oc2ccnc3c(-c4ccc(OC(C)C)cc4)cccc23)CC1. The molecular formula is C27H30N2O4. The molecule has 4 rings (SSSR count). The van der Waals surface area contributed by atoms with E-state index in [1.165, 1.54) is 0 Å². The first-order chi connectivity index (χ1) is 15.9. The molecule has 0 atom stereocenters. The first-order valence-corrected chi connectivity index (χ1v) is 11.3. The number of pyridine rings is 1. The minimum absolute atomic E-state index is 0.0283. The molecule has 3 aromatic rings. The second-order valence-electron chi connectivity index (χ2n) is 8.58. The number of benzene rings is 2. The number of nitrogens with zero attached hydrogens (tertiary/aromatic N) is 2. The first-order valence-electron chi connectivity index (χ1n) is 11.3. The molecule has 0 radical (unpaired) electrons. The Balaban J connectivity index is 1.50. The van der Waals surface area contributed by atoms with Gasteiger partial charge in [-0.2, -0.15) is 0 Å². The molecular weight excluding hydrogens is 416 g/mol. The Labute approximate surface area is 194 Å². The molecule has 0 bridgehead atoms. The van der Waals surface area contributed by atoms with Gasteiger partial charge in [-0.05, 0) is 50.6 Å². The Bertz CT molecular complexity index is 1130. The molecule has 172 valence electrons. The van der Waals surface area contributed by atoms with Crippen LogP contribution in [0.15, 0.2) is 67.1 Å². The van der Waals surface area contributed by atoms with Gasteiger partial charge in [0.15, 0.2) is 0 Å². The van der Waals surface area contributed by atoms with Crippen molar-refractivity contribution in [3.63, 3.8) is 0 Å². The summed E-state index contributed by atoms with van der Waals surface area (Å²) in [5.74, 6) is 2.06. The third-order valence-electron chi connectivity index (χ3n) is 5.52. The Hall–Kier alpha value is -3.54. The van der Waals surface area contributed by atoms with Crippen molar-refractivity contribution >= 4 is 17.0 Å². The van der Waals surface area contributed by atoms with Gasteiger partial charge in [-0.25, -0.2) is 4.79 Å². The summed E-state index contributed by atoms with van der Waals surface area (Å²) in [5.41, 5.74) is 3.02. The average molecular weight is 447 g/mol. The van der Waals surface area contributed by atoms with Gasteiger partial charge in [0.1, 0.15) is 17.6 Å². The molecule has 0 saturated carbocycles. The largest absolute Gasteiger partial charge is 0.491 e. The lowest BCUT2D eigenvalue weighted by atomic mass is 10.0. The Morgan fingerprint density at radius 2 is 1.82 bits per heavy atom. The number of ether oxygens (including phenoxy) is 3. The second-order valence-corrected chi connectivity index (χ2v) is 8.58. The number of carbonyl (C=O) groups is 1. The van der Waals surface area contributed by atoms with Gasteiger partial charge in [-0.15, -0.1) is 0 Å². The normalized spacial score (nSPS) is 14.4. The van der Waals surface area contributed by atoms with Crippen molar-refractivity contribution < 1.29 is 19.0 Å². The Morgan fingerprint density at radius 1 is 1.09 bits per heavy atom. The summed E-state index contributed by atoms with van der Waals surface area (Å²) in [4.78, 5) is 18.4. The lowest BCUT2D eigenvalue weighted by Gasteiger charge is -2.31. The summed E-state index contributed by atoms with van der Waals surface area (Å²) in [6.07, 6.45) is 3.10. The van der Waals surface area contributed by atoms with E-state index >= 15 is 0 Å². The minimum atomic E-state index is -0.343. The predicted molar refractivity (Wildman–Crippen MR) is 129 cm³/mol. The molecule has 2 aromatic carbocycles. The zero-order valence-corrected chi connectivity index (χ0v) is 19.4. The van der Waals surface area contributed by atoms with Crippen LogP contribution in [0.25, 0.3) is 22.0 Å². The topological polar surface area (TPSA) is 60.9 Å². The number of allylic oxidation sites excluding steroid dienone is 1. The molecule has 0 aliphatic carbocycles. The van der Waals surface area contributed by atoms with E-state index in [9.17, 15) is 4.79 Å². The van der Waals surface area contributed by atoms with Crippen LogP contribution in [0.5, 0.6) is 11.5 Å². The molecule has 1 saturated heterocycles. The van der Waals surface area contributed by atoms with Crippen LogP contribution < -0.4 is 9.47 Å². The fraction of sp³-hybridized carbons (Fsp3) is 0.333. The maximum atomic E-state index is 12.1. The quantitative estimate of drug-likeness (QED) is 0.422. The molecule has 2 heterocycles. The van der Waals surface area contributed by atoms with Crippen LogP contribution in [0.2, 0.25) is 0 Å². The fourth-order valence-corrected chi connectivity index (χ4v) is 4.02. The van der Waals surface area contributed by atoms with Gasteiger partial charge in [0.05, 0.1) is 17.4 Å². The Morgan fingerprint density at radius 3 is 2.48 bits per heavy atom. The summed E-state index contributed by atoms with van der Waals surface area (Å²) in [6.45, 7) is 10.5. The van der Waals surface area contributed by atoms with Gasteiger partial charge in [-0.3, -0.25) is 4.98 Å². The molecule has 1 aliphatic heterocycles. The lowest BCUT2D eigenvalue weighted by Crippen LogP contribution is -2.41. The van der Waals surface area contributed by atoms with E-state index in [2.05, 4.69) is 29.8 Å². The zero-order valence-electron chi connectivity index (χ0n) is 19.4. The molecule has 33 heavy (non-hydrogen) atoms. The minimum Gasteiger partial charge on any atom is -0.491 e. The van der Waals surface area contributed by atoms with Crippen molar-refractivity contribution in [2.45, 2.75) is 45.8 Å². The van der Waals surface area contributed by atoms with Gasteiger partial charge in [0, 0.05) is 43.1 Å². The van der Waals surface area contributed by atoms with E-state index in [1.807, 2.05) is 44.2 Å². The van der Waals surface area contributed by atoms with Crippen LogP contribution in [0.1, 0.15) is 33.6 Å². The number of hydrogen-bond acceptors (Lipinski definition) is 5. The number of piperidine rings is 1. The van der Waals surface area contributed by atoms with Gasteiger partial charge in [-0.1, -0.05) is 30.8 Å². The highest BCUT2D eigenvalue weighted by atomic mass is 16.6. The molecule has 6 nitrogen and oxygen atoms in total. The van der Waals surface area contributed by atoms with Crippen molar-refractivity contribution in [2.24, 2.45) is 0 Å². The van der Waals surface area contributed by atoms with Crippen molar-refractivity contribution in [1.82, 2.24) is 9.88 Å². The molecule has 1 aliphatic rings. The van der Waals surface area contributed by atoms with Crippen LogP contribution >= 0.6 is 0 Å². The average Bonchev–Trinajstić information content (AvgIpc) is 2.79. The van der Waals surface area contributed by atoms with Gasteiger partial charge in [0.2, 0.25) is 0 Å². The smallest absolute Gasteiger partial charge is 0.414 e. The van der Waals surface area contributed by atoms with Crippen LogP contribution in [0.3, 0.4) is 0 Å². The molecule has 1 fully saturated rings. The van der Waals surface area contributed by atoms with Gasteiger partial charge in [0.25, 0.3) is 0 Å². The number of amides is 1. The number of likely N-dealkylation sites (tertiary alicyclic amines) is 1. The lowest BCUT2D eigenvalue weighted by molar-refractivity contribution is 0.0826. The van der Waals surface area contributed by atoms with E-state index in [-0.39, 0.29) is 18.3 Å². The van der Waals surface area contributed by atoms with E-state index in [1.54, 1.807) is 18.0 Å². The highest BCUT2D eigenvalue weighted by molar-refractivity contribution is 5.96. The number of para-hydroxylation sites is 1. The molecule has 1 amide bonds. The standard InChI is InChI=1S/C27H30N2O4/c1-18(2)31-21-10-8-20(9-11-21)23-6-5-7-24-25(12-15-28-26(23)24)33-22-13-16-29(17-14-22)27(30)32-19(3)4/h5-12,15,18,22H,3,13-14,16-17H2,1-2,4H3. The zero-order chi connectivity index (χ0) is 23.4. The van der Waals surface area contributed by atoms with Crippen LogP contribution in [-0.4, -0.2) is 41.3 Å². The van der Waals surface area contributed by atoms with E-state index < -0.39 is 0 Å². The predicted octanol–water partition coefficient (Wildman–Crippen LogP) is 6.20. The van der Waals surface area contributed by atoms with E-state index in [0.717, 1.165) is 46.4 Å². The molecule has 0 N–H and O–H groups in total. The Kier molecular flexibility index (Phi) is 6.82. The third kappa shape index (κ3) is 5.45. The third-order valence-corrected chi connectivity index (χ3v) is 5.52. The summed E-state index contributed by atoms with van der Waals surface area (Å²) >= 11 is 0. The van der Waals surface area contributed by atoms with Crippen molar-refractivity contribution in [2.75, 3.05) is 13.1 Å². The molecule has 1 aromatic heterocycles. The van der Waals surface area contributed by atoms with Crippen molar-refractivity contribution in [3.05, 3.63) is 67.1 Å². The summed E-state index contributed by atoms with van der Waals surface area (Å²) in [6, 6.07) is 16.1. The van der Waals surface area contributed by atoms with Crippen LogP contribution in [0, 0.1) is 0 Å². The number of carbonyl (C=O) groups excluding carboxylic acids is 1. The van der Waals surface area contributed by atoms with Crippen LogP contribution in [-0.2, 0) is 4.74 Å². The van der Waals surface area contributed by atoms with E-state index in [0.29, 0.717) is 18.8 Å². The van der Waals surface area contributed by atoms with Gasteiger partial charge >= 0.3 is 6.09 Å². The van der Waals surface area contributed by atoms with Crippen molar-refractivity contribution in [3.8, 4) is 22.6 Å². The van der Waals surface area contributed by atoms with Gasteiger partial charge < -0.3 is 19.1 Å². The van der Waals surface area contributed by atoms with E-state index in [4.69, 9.17) is 14.2 Å². The summed E-state index contributed by atoms with van der Waals surface area (Å²) < 4.78 is 17.3. The van der Waals surface area contributed by atoms with Crippen molar-refractivity contribution in [1.29, 1.82) is 0 Å². The first kappa shape index (κ1) is 22.6. The number of aromatic nitrogens is 1. The molecule has 6 heteroatoms. The molecule has 0 unspecified atom stereocenters. The molecule has 0 spiro atoms. The monoisotopic (exact) mass is 446 g/mol. The second kappa shape index (κ2) is 9.94. The highest BCUT2D eigenvalue weighted by Crippen LogP contribution is 2.34. The highest BCUT2D eigenvalue weighted by Gasteiger charge is 2.25. The maximum Gasteiger partial charge on any atom is 0.414 e. The summed E-state index contributed by atoms with van der Waals surface area (Å²) in [7, 11) is 0. The van der Waals surface area contributed by atoms with Crippen LogP contribution in [0.4, 0.5) is 4.79 Å². The fourth-order valence-electron chi connectivity index (χ4n) is 4.02. The number of fused-ring (bicyclic) bond motifs is 1. The number of hydrogen-bond donors (Lipinski definition) is 0.